The molecule has 0 amide bonds. The van der Waals surface area contributed by atoms with Crippen molar-refractivity contribution in [1.82, 2.24) is 0 Å². The van der Waals surface area contributed by atoms with Gasteiger partial charge in [0.25, 0.3) is 0 Å². The summed E-state index contributed by atoms with van der Waals surface area (Å²) in [6.45, 7) is 6.29. The van der Waals surface area contributed by atoms with Gasteiger partial charge in [-0.25, -0.2) is 0 Å². The molecule has 0 bridgehead atoms. The molecular formula is C6H11O. The van der Waals surface area contributed by atoms with Crippen LogP contribution in [0.1, 0.15) is 13.3 Å². The van der Waals surface area contributed by atoms with E-state index in [2.05, 4.69) is 6.92 Å². The van der Waals surface area contributed by atoms with Gasteiger partial charge >= 0.3 is 0 Å². The summed E-state index contributed by atoms with van der Waals surface area (Å²) in [7, 11) is 0. The van der Waals surface area contributed by atoms with Crippen LogP contribution in [0.3, 0.4) is 0 Å². The zero-order chi connectivity index (χ0) is 5.54. The highest BCUT2D eigenvalue weighted by atomic mass is 16.5. The van der Waals surface area contributed by atoms with E-state index in [0.717, 1.165) is 13.0 Å². The van der Waals surface area contributed by atoms with Crippen LogP contribution in [0.4, 0.5) is 0 Å². The predicted molar refractivity (Wildman–Crippen MR) is 30.7 cm³/mol. The van der Waals surface area contributed by atoms with Gasteiger partial charge in [-0.3, -0.25) is 0 Å². The lowest BCUT2D eigenvalue weighted by Crippen LogP contribution is -1.74. The van der Waals surface area contributed by atoms with Crippen LogP contribution in [-0.2, 0) is 4.74 Å². The van der Waals surface area contributed by atoms with Crippen LogP contribution in [0.25, 0.3) is 0 Å². The highest BCUT2D eigenvalue weighted by Gasteiger charge is 1.64. The van der Waals surface area contributed by atoms with Crippen molar-refractivity contribution in [3.8, 4) is 0 Å². The largest absolute Gasteiger partial charge is 0.502 e. The van der Waals surface area contributed by atoms with Crippen molar-refractivity contribution in [3.05, 3.63) is 19.3 Å². The Bertz CT molecular complexity index is 48.1. The molecule has 1 heteroatoms. The van der Waals surface area contributed by atoms with Gasteiger partial charge in [0.2, 0.25) is 0 Å². The molecule has 0 unspecified atom stereocenters. The second-order valence-corrected chi connectivity index (χ2v) is 1.12. The van der Waals surface area contributed by atoms with Crippen LogP contribution >= 0.6 is 0 Å². The highest BCUT2D eigenvalue weighted by molar-refractivity contribution is 4.73. The number of ether oxygens (including phenoxy) is 1. The van der Waals surface area contributed by atoms with Crippen molar-refractivity contribution >= 4 is 0 Å². The van der Waals surface area contributed by atoms with Gasteiger partial charge in [0.1, 0.15) is 0 Å². The molecule has 0 heterocycles. The first-order chi connectivity index (χ1) is 3.41. The highest BCUT2D eigenvalue weighted by Crippen LogP contribution is 1.79. The van der Waals surface area contributed by atoms with E-state index in [1.807, 2.05) is 13.0 Å². The van der Waals surface area contributed by atoms with Crippen LogP contribution in [0, 0.1) is 6.92 Å². The first kappa shape index (κ1) is 6.54. The molecular weight excluding hydrogens is 88.1 g/mol. The molecule has 7 heavy (non-hydrogen) atoms. The van der Waals surface area contributed by atoms with Crippen molar-refractivity contribution in [3.63, 3.8) is 0 Å². The summed E-state index contributed by atoms with van der Waals surface area (Å²) in [6.07, 6.45) is 4.36. The molecule has 0 rings (SSSR count). The standard InChI is InChI=1S/C6H11O/c1-3-5-6-7-4-2/h5-6H,1,3-4H2,2H3/b6-5+. The number of hydrogen-bond acceptors (Lipinski definition) is 1. The molecule has 0 aromatic rings. The number of allylic oxidation sites excluding steroid dienone is 1. The molecule has 0 spiro atoms. The lowest BCUT2D eigenvalue weighted by Gasteiger charge is -1.88. The lowest BCUT2D eigenvalue weighted by atomic mass is 10.5. The number of rotatable bonds is 3. The van der Waals surface area contributed by atoms with Gasteiger partial charge in [-0.05, 0) is 26.3 Å². The maximum absolute atomic E-state index is 4.85. The summed E-state index contributed by atoms with van der Waals surface area (Å²) >= 11 is 0. The van der Waals surface area contributed by atoms with Crippen molar-refractivity contribution in [2.24, 2.45) is 0 Å². The third kappa shape index (κ3) is 5.54. The van der Waals surface area contributed by atoms with Crippen molar-refractivity contribution < 1.29 is 4.74 Å². The normalized spacial score (nSPS) is 10.0. The Morgan fingerprint density at radius 2 is 2.43 bits per heavy atom. The first-order valence-electron chi connectivity index (χ1n) is 2.47. The van der Waals surface area contributed by atoms with Crippen molar-refractivity contribution in [2.45, 2.75) is 13.3 Å². The average molecular weight is 99.2 g/mol. The zero-order valence-electron chi connectivity index (χ0n) is 4.68. The molecule has 0 saturated carbocycles. The van der Waals surface area contributed by atoms with E-state index in [0.29, 0.717) is 0 Å². The summed E-state index contributed by atoms with van der Waals surface area (Å²) in [5.74, 6) is 0. The molecule has 0 aliphatic rings. The molecule has 0 saturated heterocycles. The predicted octanol–water partition coefficient (Wildman–Crippen LogP) is 1.76. The van der Waals surface area contributed by atoms with E-state index < -0.39 is 0 Å². The summed E-state index contributed by atoms with van der Waals surface area (Å²) in [4.78, 5) is 0. The van der Waals surface area contributed by atoms with Gasteiger partial charge in [-0.1, -0.05) is 0 Å². The molecule has 0 aromatic heterocycles. The van der Waals surface area contributed by atoms with Gasteiger partial charge < -0.3 is 4.74 Å². The maximum atomic E-state index is 4.85. The summed E-state index contributed by atoms with van der Waals surface area (Å²) < 4.78 is 4.85. The van der Waals surface area contributed by atoms with Crippen LogP contribution in [0.2, 0.25) is 0 Å². The monoisotopic (exact) mass is 99.1 g/mol. The SMILES string of the molecule is [CH2]C/C=C/OCC. The fourth-order valence-electron chi connectivity index (χ4n) is 0.232. The topological polar surface area (TPSA) is 9.23 Å². The molecule has 0 N–H and O–H groups in total. The van der Waals surface area contributed by atoms with Crippen LogP contribution < -0.4 is 0 Å². The Hall–Kier alpha value is -0.460. The summed E-state index contributed by atoms with van der Waals surface area (Å²) in [5.41, 5.74) is 0. The van der Waals surface area contributed by atoms with Crippen LogP contribution in [-0.4, -0.2) is 6.61 Å². The van der Waals surface area contributed by atoms with E-state index in [4.69, 9.17) is 4.74 Å². The molecule has 0 fully saturated rings. The summed E-state index contributed by atoms with van der Waals surface area (Å²) in [6, 6.07) is 0. The van der Waals surface area contributed by atoms with Gasteiger partial charge in [-0.15, -0.1) is 0 Å². The van der Waals surface area contributed by atoms with E-state index in [-0.39, 0.29) is 0 Å². The third-order valence-electron chi connectivity index (χ3n) is 0.526. The zero-order valence-corrected chi connectivity index (χ0v) is 4.68. The lowest BCUT2D eigenvalue weighted by molar-refractivity contribution is 0.268. The van der Waals surface area contributed by atoms with E-state index in [1.165, 1.54) is 0 Å². The number of hydrogen-bond donors (Lipinski definition) is 0. The molecule has 1 radical (unpaired) electrons. The second kappa shape index (κ2) is 5.54. The quantitative estimate of drug-likeness (QED) is 0.490. The molecule has 1 nitrogen and oxygen atoms in total. The Kier molecular flexibility index (Phi) is 5.18. The fourth-order valence-corrected chi connectivity index (χ4v) is 0.232. The Morgan fingerprint density at radius 3 is 2.86 bits per heavy atom. The Morgan fingerprint density at radius 1 is 1.71 bits per heavy atom. The Labute approximate surface area is 45.0 Å². The average Bonchev–Trinajstić information content (AvgIpc) is 1.69. The van der Waals surface area contributed by atoms with E-state index in [9.17, 15) is 0 Å². The van der Waals surface area contributed by atoms with Gasteiger partial charge in [0, 0.05) is 0 Å². The smallest absolute Gasteiger partial charge is 0.0845 e. The van der Waals surface area contributed by atoms with Crippen LogP contribution in [0.15, 0.2) is 12.3 Å². The van der Waals surface area contributed by atoms with Crippen molar-refractivity contribution in [2.75, 3.05) is 6.61 Å². The Balaban J connectivity index is 2.78. The molecule has 0 aromatic carbocycles. The molecule has 0 aliphatic carbocycles. The van der Waals surface area contributed by atoms with Gasteiger partial charge in [-0.2, -0.15) is 0 Å². The first-order valence-corrected chi connectivity index (χ1v) is 2.47. The minimum atomic E-state index is 0.747. The minimum Gasteiger partial charge on any atom is -0.502 e. The second-order valence-electron chi connectivity index (χ2n) is 1.12. The van der Waals surface area contributed by atoms with Crippen LogP contribution in [0.5, 0.6) is 0 Å². The molecule has 0 atom stereocenters. The van der Waals surface area contributed by atoms with Crippen molar-refractivity contribution in [1.29, 1.82) is 0 Å². The molecule has 0 aliphatic heterocycles. The van der Waals surface area contributed by atoms with E-state index in [1.54, 1.807) is 6.26 Å². The molecule has 41 valence electrons. The van der Waals surface area contributed by atoms with Gasteiger partial charge in [0.15, 0.2) is 0 Å². The minimum absolute atomic E-state index is 0.747. The van der Waals surface area contributed by atoms with Gasteiger partial charge in [0.05, 0.1) is 12.9 Å². The summed E-state index contributed by atoms with van der Waals surface area (Å²) in [5, 5.41) is 0. The third-order valence-corrected chi connectivity index (χ3v) is 0.526. The maximum Gasteiger partial charge on any atom is 0.0845 e. The van der Waals surface area contributed by atoms with E-state index >= 15 is 0 Å². The fraction of sp³-hybridized carbons (Fsp3) is 0.500.